The third-order valence-electron chi connectivity index (χ3n) is 4.98. The van der Waals surface area contributed by atoms with Crippen LogP contribution in [0.4, 0.5) is 0 Å². The third-order valence-corrected chi connectivity index (χ3v) is 6.90. The quantitative estimate of drug-likeness (QED) is 0.836. The standard InChI is InChI=1S/C15H18N2O5S/c16-13(18)10-1-3-11(4-2-10)23(21,22)17-7-5-15(6-8-17)9-12(15)14(19)20/h1-4,12H,5-9H2,(H2,16,18)(H,19,20). The molecule has 1 aromatic carbocycles. The molecule has 1 heterocycles. The van der Waals surface area contributed by atoms with Crippen LogP contribution in [0, 0.1) is 11.3 Å². The van der Waals surface area contributed by atoms with E-state index in [1.807, 2.05) is 0 Å². The van der Waals surface area contributed by atoms with Gasteiger partial charge in [0.05, 0.1) is 10.8 Å². The Morgan fingerprint density at radius 3 is 2.17 bits per heavy atom. The van der Waals surface area contributed by atoms with Crippen LogP contribution in [-0.2, 0) is 14.8 Å². The van der Waals surface area contributed by atoms with Crippen LogP contribution in [0.15, 0.2) is 29.2 Å². The molecule has 1 aromatic rings. The number of carbonyl (C=O) groups is 2. The van der Waals surface area contributed by atoms with Gasteiger partial charge in [0.2, 0.25) is 15.9 Å². The Bertz CT molecular complexity index is 749. The molecular weight excluding hydrogens is 320 g/mol. The van der Waals surface area contributed by atoms with Crippen LogP contribution in [0.3, 0.4) is 0 Å². The SMILES string of the molecule is NC(=O)c1ccc(S(=O)(=O)N2CCC3(CC2)CC3C(=O)O)cc1. The van der Waals surface area contributed by atoms with Gasteiger partial charge in [-0.15, -0.1) is 0 Å². The van der Waals surface area contributed by atoms with Crippen LogP contribution >= 0.6 is 0 Å². The van der Waals surface area contributed by atoms with Gasteiger partial charge in [-0.25, -0.2) is 8.42 Å². The van der Waals surface area contributed by atoms with Gasteiger partial charge in [0.25, 0.3) is 0 Å². The number of carboxylic acids is 1. The molecule has 0 aromatic heterocycles. The van der Waals surface area contributed by atoms with Gasteiger partial charge in [-0.2, -0.15) is 4.31 Å². The maximum atomic E-state index is 12.6. The zero-order valence-electron chi connectivity index (χ0n) is 12.4. The van der Waals surface area contributed by atoms with E-state index in [9.17, 15) is 18.0 Å². The van der Waals surface area contributed by atoms with E-state index in [0.29, 0.717) is 32.4 Å². The summed E-state index contributed by atoms with van der Waals surface area (Å²) >= 11 is 0. The zero-order valence-corrected chi connectivity index (χ0v) is 13.3. The number of hydrogen-bond donors (Lipinski definition) is 2. The maximum Gasteiger partial charge on any atom is 0.307 e. The van der Waals surface area contributed by atoms with Crippen molar-refractivity contribution >= 4 is 21.9 Å². The Morgan fingerprint density at radius 2 is 1.74 bits per heavy atom. The molecule has 124 valence electrons. The smallest absolute Gasteiger partial charge is 0.307 e. The van der Waals surface area contributed by atoms with Crippen molar-refractivity contribution in [2.45, 2.75) is 24.2 Å². The first-order chi connectivity index (χ1) is 10.8. The van der Waals surface area contributed by atoms with Gasteiger partial charge in [-0.1, -0.05) is 0 Å². The normalized spacial score (nSPS) is 23.6. The second-order valence-corrected chi connectivity index (χ2v) is 8.19. The Hall–Kier alpha value is -1.93. The van der Waals surface area contributed by atoms with Crippen molar-refractivity contribution in [3.8, 4) is 0 Å². The summed E-state index contributed by atoms with van der Waals surface area (Å²) in [4.78, 5) is 22.2. The van der Waals surface area contributed by atoms with E-state index in [1.165, 1.54) is 28.6 Å². The summed E-state index contributed by atoms with van der Waals surface area (Å²) in [6, 6.07) is 5.53. The van der Waals surface area contributed by atoms with E-state index in [4.69, 9.17) is 10.8 Å². The summed E-state index contributed by atoms with van der Waals surface area (Å²) in [7, 11) is -3.63. The molecule has 2 fully saturated rings. The predicted molar refractivity (Wildman–Crippen MR) is 81.1 cm³/mol. The number of sulfonamides is 1. The van der Waals surface area contributed by atoms with Crippen molar-refractivity contribution in [3.63, 3.8) is 0 Å². The van der Waals surface area contributed by atoms with Gasteiger partial charge in [-0.3, -0.25) is 9.59 Å². The monoisotopic (exact) mass is 338 g/mol. The molecule has 1 saturated heterocycles. The van der Waals surface area contributed by atoms with E-state index >= 15 is 0 Å². The molecule has 7 nitrogen and oxygen atoms in total. The van der Waals surface area contributed by atoms with Gasteiger partial charge in [-0.05, 0) is 48.9 Å². The minimum absolute atomic E-state index is 0.115. The maximum absolute atomic E-state index is 12.6. The number of carboxylic acid groups (broad SMARTS) is 1. The number of hydrogen-bond acceptors (Lipinski definition) is 4. The highest BCUT2D eigenvalue weighted by atomic mass is 32.2. The lowest BCUT2D eigenvalue weighted by molar-refractivity contribution is -0.139. The van der Waals surface area contributed by atoms with Crippen molar-refractivity contribution in [1.82, 2.24) is 4.31 Å². The number of carbonyl (C=O) groups excluding carboxylic acids is 1. The van der Waals surface area contributed by atoms with Crippen molar-refractivity contribution < 1.29 is 23.1 Å². The lowest BCUT2D eigenvalue weighted by Crippen LogP contribution is -2.39. The predicted octanol–water partition coefficient (Wildman–Crippen LogP) is 0.661. The second kappa shape index (κ2) is 5.31. The van der Waals surface area contributed by atoms with E-state index in [1.54, 1.807) is 0 Å². The number of aliphatic carboxylic acids is 1. The first-order valence-corrected chi connectivity index (χ1v) is 8.83. The van der Waals surface area contributed by atoms with Crippen molar-refractivity contribution in [2.24, 2.45) is 17.1 Å². The van der Waals surface area contributed by atoms with E-state index in [-0.39, 0.29) is 21.8 Å². The molecule has 1 unspecified atom stereocenters. The van der Waals surface area contributed by atoms with Crippen LogP contribution in [-0.4, -0.2) is 42.8 Å². The van der Waals surface area contributed by atoms with Crippen molar-refractivity contribution in [3.05, 3.63) is 29.8 Å². The summed E-state index contributed by atoms with van der Waals surface area (Å²) in [5.74, 6) is -1.73. The second-order valence-electron chi connectivity index (χ2n) is 6.25. The number of nitrogens with two attached hydrogens (primary N) is 1. The number of benzene rings is 1. The highest BCUT2D eigenvalue weighted by molar-refractivity contribution is 7.89. The van der Waals surface area contributed by atoms with E-state index in [2.05, 4.69) is 0 Å². The minimum atomic E-state index is -3.63. The fourth-order valence-electron chi connectivity index (χ4n) is 3.36. The Balaban J connectivity index is 1.72. The average molecular weight is 338 g/mol. The molecule has 2 aliphatic rings. The summed E-state index contributed by atoms with van der Waals surface area (Å²) < 4.78 is 26.6. The lowest BCUT2D eigenvalue weighted by Gasteiger charge is -2.31. The fraction of sp³-hybridized carbons (Fsp3) is 0.467. The molecule has 1 atom stereocenters. The third kappa shape index (κ3) is 2.72. The fourth-order valence-corrected chi connectivity index (χ4v) is 4.80. The summed E-state index contributed by atoms with van der Waals surface area (Å²) in [6.45, 7) is 0.646. The number of nitrogens with zero attached hydrogens (tertiary/aromatic N) is 1. The van der Waals surface area contributed by atoms with Crippen molar-refractivity contribution in [2.75, 3.05) is 13.1 Å². The van der Waals surface area contributed by atoms with E-state index in [0.717, 1.165) is 0 Å². The van der Waals surface area contributed by atoms with Gasteiger partial charge < -0.3 is 10.8 Å². The van der Waals surface area contributed by atoms with Crippen LogP contribution in [0.1, 0.15) is 29.6 Å². The number of amides is 1. The average Bonchev–Trinajstić information content (AvgIpc) is 3.22. The Kier molecular flexibility index (Phi) is 3.68. The number of rotatable bonds is 4. The molecule has 0 bridgehead atoms. The molecular formula is C15H18N2O5S. The Morgan fingerprint density at radius 1 is 1.17 bits per heavy atom. The molecule has 8 heteroatoms. The van der Waals surface area contributed by atoms with Crippen LogP contribution in [0.2, 0.25) is 0 Å². The molecule has 1 spiro atoms. The molecule has 1 amide bonds. The van der Waals surface area contributed by atoms with Crippen LogP contribution < -0.4 is 5.73 Å². The summed E-state index contributed by atoms with van der Waals surface area (Å²) in [5.41, 5.74) is 5.18. The summed E-state index contributed by atoms with van der Waals surface area (Å²) in [6.07, 6.45) is 1.79. The summed E-state index contributed by atoms with van der Waals surface area (Å²) in [5, 5.41) is 9.08. The van der Waals surface area contributed by atoms with Gasteiger partial charge in [0.1, 0.15) is 0 Å². The lowest BCUT2D eigenvalue weighted by atomic mass is 9.92. The first kappa shape index (κ1) is 15.9. The topological polar surface area (TPSA) is 118 Å². The Labute approximate surface area is 134 Å². The van der Waals surface area contributed by atoms with Gasteiger partial charge in [0.15, 0.2) is 0 Å². The van der Waals surface area contributed by atoms with Crippen molar-refractivity contribution in [1.29, 1.82) is 0 Å². The molecule has 1 aliphatic carbocycles. The molecule has 1 saturated carbocycles. The first-order valence-electron chi connectivity index (χ1n) is 7.39. The number of primary amides is 1. The molecule has 3 N–H and O–H groups in total. The molecule has 1 aliphatic heterocycles. The molecule has 23 heavy (non-hydrogen) atoms. The largest absolute Gasteiger partial charge is 0.481 e. The van der Waals surface area contributed by atoms with Gasteiger partial charge in [0, 0.05) is 18.7 Å². The molecule has 3 rings (SSSR count). The zero-order chi connectivity index (χ0) is 16.8. The van der Waals surface area contributed by atoms with Crippen LogP contribution in [0.5, 0.6) is 0 Å². The van der Waals surface area contributed by atoms with E-state index < -0.39 is 21.9 Å². The highest BCUT2D eigenvalue weighted by Gasteiger charge is 2.59. The number of piperidine rings is 1. The minimum Gasteiger partial charge on any atom is -0.481 e. The van der Waals surface area contributed by atoms with Gasteiger partial charge >= 0.3 is 5.97 Å². The molecule has 0 radical (unpaired) electrons. The highest BCUT2D eigenvalue weighted by Crippen LogP contribution is 2.59. The van der Waals surface area contributed by atoms with Crippen LogP contribution in [0.25, 0.3) is 0 Å².